The quantitative estimate of drug-likeness (QED) is 0.826. The fourth-order valence-electron chi connectivity index (χ4n) is 3.69. The van der Waals surface area contributed by atoms with E-state index in [9.17, 15) is 9.90 Å². The van der Waals surface area contributed by atoms with E-state index in [4.69, 9.17) is 4.74 Å². The van der Waals surface area contributed by atoms with Gasteiger partial charge in [0.25, 0.3) is 0 Å². The highest BCUT2D eigenvalue weighted by Gasteiger charge is 2.23. The summed E-state index contributed by atoms with van der Waals surface area (Å²) in [7, 11) is 3.59. The lowest BCUT2D eigenvalue weighted by Crippen LogP contribution is -2.28. The van der Waals surface area contributed by atoms with Gasteiger partial charge in [-0.15, -0.1) is 0 Å². The van der Waals surface area contributed by atoms with E-state index in [0.29, 0.717) is 11.7 Å². The van der Waals surface area contributed by atoms with Crippen LogP contribution in [0, 0.1) is 5.92 Å². The van der Waals surface area contributed by atoms with Crippen LogP contribution in [0.2, 0.25) is 0 Å². The number of hydrogen-bond acceptors (Lipinski definition) is 4. The molecular formula is C21H26N2O3. The SMILES string of the molecule is COc1ccc(CN(C)CC2CCN(c3ccccc3)C2)cc1C(=O)O. The summed E-state index contributed by atoms with van der Waals surface area (Å²) < 4.78 is 5.13. The van der Waals surface area contributed by atoms with Gasteiger partial charge in [0.2, 0.25) is 0 Å². The average Bonchev–Trinajstić information content (AvgIpc) is 3.10. The lowest BCUT2D eigenvalue weighted by Gasteiger charge is -2.22. The molecule has 1 aliphatic rings. The number of carboxylic acids is 1. The van der Waals surface area contributed by atoms with Crippen molar-refractivity contribution in [3.8, 4) is 5.75 Å². The van der Waals surface area contributed by atoms with Gasteiger partial charge in [0.1, 0.15) is 11.3 Å². The predicted octanol–water partition coefficient (Wildman–Crippen LogP) is 3.35. The first-order chi connectivity index (χ1) is 12.6. The topological polar surface area (TPSA) is 53.0 Å². The summed E-state index contributed by atoms with van der Waals surface area (Å²) in [5.41, 5.74) is 2.50. The third-order valence-corrected chi connectivity index (χ3v) is 4.92. The van der Waals surface area contributed by atoms with Gasteiger partial charge in [0.05, 0.1) is 7.11 Å². The summed E-state index contributed by atoms with van der Waals surface area (Å²) in [5.74, 6) is 0.0660. The molecule has 1 fully saturated rings. The van der Waals surface area contributed by atoms with Crippen molar-refractivity contribution in [1.29, 1.82) is 0 Å². The number of nitrogens with zero attached hydrogens (tertiary/aromatic N) is 2. The molecule has 2 aromatic carbocycles. The normalized spacial score (nSPS) is 16.9. The van der Waals surface area contributed by atoms with Crippen LogP contribution in [0.5, 0.6) is 5.75 Å². The number of carboxylic acid groups (broad SMARTS) is 1. The first kappa shape index (κ1) is 18.3. The molecule has 1 atom stereocenters. The Labute approximate surface area is 154 Å². The number of carbonyl (C=O) groups is 1. The number of aromatic carboxylic acids is 1. The molecule has 1 saturated heterocycles. The van der Waals surface area contributed by atoms with Gasteiger partial charge in [-0.2, -0.15) is 0 Å². The van der Waals surface area contributed by atoms with Gasteiger partial charge in [-0.05, 0) is 49.2 Å². The monoisotopic (exact) mass is 354 g/mol. The molecule has 1 heterocycles. The molecule has 0 bridgehead atoms. The fourth-order valence-corrected chi connectivity index (χ4v) is 3.69. The summed E-state index contributed by atoms with van der Waals surface area (Å²) in [6.07, 6.45) is 1.18. The molecule has 1 unspecified atom stereocenters. The van der Waals surface area contributed by atoms with Crippen molar-refractivity contribution in [2.45, 2.75) is 13.0 Å². The van der Waals surface area contributed by atoms with Crippen LogP contribution in [-0.2, 0) is 6.54 Å². The zero-order valence-electron chi connectivity index (χ0n) is 15.4. The Balaban J connectivity index is 1.57. The van der Waals surface area contributed by atoms with Crippen LogP contribution < -0.4 is 9.64 Å². The first-order valence-electron chi connectivity index (χ1n) is 8.95. The minimum Gasteiger partial charge on any atom is -0.496 e. The second kappa shape index (κ2) is 8.23. The van der Waals surface area contributed by atoms with Crippen LogP contribution in [0.1, 0.15) is 22.3 Å². The summed E-state index contributed by atoms with van der Waals surface area (Å²) in [4.78, 5) is 16.1. The van der Waals surface area contributed by atoms with E-state index < -0.39 is 5.97 Å². The number of rotatable bonds is 7. The highest BCUT2D eigenvalue weighted by molar-refractivity contribution is 5.91. The average molecular weight is 354 g/mol. The third-order valence-electron chi connectivity index (χ3n) is 4.92. The highest BCUT2D eigenvalue weighted by atomic mass is 16.5. The molecule has 5 nitrogen and oxygen atoms in total. The van der Waals surface area contributed by atoms with E-state index >= 15 is 0 Å². The number of methoxy groups -OCH3 is 1. The maximum absolute atomic E-state index is 11.4. The lowest BCUT2D eigenvalue weighted by molar-refractivity contribution is 0.0693. The van der Waals surface area contributed by atoms with Crippen molar-refractivity contribution in [1.82, 2.24) is 4.90 Å². The Hall–Kier alpha value is -2.53. The molecule has 1 N–H and O–H groups in total. The van der Waals surface area contributed by atoms with Gasteiger partial charge in [0, 0.05) is 31.9 Å². The van der Waals surface area contributed by atoms with Crippen LogP contribution in [0.4, 0.5) is 5.69 Å². The molecule has 0 amide bonds. The summed E-state index contributed by atoms with van der Waals surface area (Å²) in [6, 6.07) is 15.9. The maximum Gasteiger partial charge on any atom is 0.339 e. The molecule has 5 heteroatoms. The Kier molecular flexibility index (Phi) is 5.78. The highest BCUT2D eigenvalue weighted by Crippen LogP contribution is 2.25. The zero-order valence-corrected chi connectivity index (χ0v) is 15.4. The van der Waals surface area contributed by atoms with Crippen LogP contribution >= 0.6 is 0 Å². The van der Waals surface area contributed by atoms with E-state index in [2.05, 4.69) is 41.1 Å². The van der Waals surface area contributed by atoms with Gasteiger partial charge in [-0.1, -0.05) is 24.3 Å². The van der Waals surface area contributed by atoms with Crippen molar-refractivity contribution in [2.75, 3.05) is 38.7 Å². The largest absolute Gasteiger partial charge is 0.496 e. The minimum absolute atomic E-state index is 0.217. The van der Waals surface area contributed by atoms with Gasteiger partial charge >= 0.3 is 5.97 Å². The van der Waals surface area contributed by atoms with Crippen LogP contribution in [0.15, 0.2) is 48.5 Å². The second-order valence-electron chi connectivity index (χ2n) is 6.97. The van der Waals surface area contributed by atoms with Gasteiger partial charge in [0.15, 0.2) is 0 Å². The van der Waals surface area contributed by atoms with Crippen LogP contribution in [-0.4, -0.2) is 49.8 Å². The molecule has 3 rings (SSSR count). The molecule has 138 valence electrons. The minimum atomic E-state index is -0.958. The Morgan fingerprint density at radius 2 is 2.04 bits per heavy atom. The summed E-state index contributed by atoms with van der Waals surface area (Å²) >= 11 is 0. The van der Waals surface area contributed by atoms with Crippen molar-refractivity contribution in [2.24, 2.45) is 5.92 Å². The molecule has 0 aliphatic carbocycles. The molecule has 0 spiro atoms. The summed E-state index contributed by atoms with van der Waals surface area (Å²) in [6.45, 7) is 3.88. The number of anilines is 1. The number of benzene rings is 2. The predicted molar refractivity (Wildman–Crippen MR) is 103 cm³/mol. The van der Waals surface area contributed by atoms with Crippen molar-refractivity contribution >= 4 is 11.7 Å². The van der Waals surface area contributed by atoms with E-state index in [0.717, 1.165) is 31.7 Å². The number of para-hydroxylation sites is 1. The van der Waals surface area contributed by atoms with Crippen molar-refractivity contribution in [3.63, 3.8) is 0 Å². The van der Waals surface area contributed by atoms with E-state index in [1.807, 2.05) is 12.1 Å². The Morgan fingerprint density at radius 1 is 1.27 bits per heavy atom. The number of ether oxygens (including phenoxy) is 1. The van der Waals surface area contributed by atoms with Crippen molar-refractivity contribution < 1.29 is 14.6 Å². The van der Waals surface area contributed by atoms with E-state index in [1.54, 1.807) is 12.1 Å². The van der Waals surface area contributed by atoms with E-state index in [1.165, 1.54) is 19.2 Å². The lowest BCUT2D eigenvalue weighted by atomic mass is 10.1. The van der Waals surface area contributed by atoms with Gasteiger partial charge in [-0.25, -0.2) is 4.79 Å². The molecule has 0 aromatic heterocycles. The Morgan fingerprint density at radius 3 is 2.73 bits per heavy atom. The molecule has 26 heavy (non-hydrogen) atoms. The van der Waals surface area contributed by atoms with E-state index in [-0.39, 0.29) is 5.56 Å². The fraction of sp³-hybridized carbons (Fsp3) is 0.381. The van der Waals surface area contributed by atoms with Gasteiger partial charge in [-0.3, -0.25) is 0 Å². The maximum atomic E-state index is 11.4. The molecule has 0 saturated carbocycles. The molecule has 0 radical (unpaired) electrons. The standard InChI is InChI=1S/C21H26N2O3/c1-22(13-16-8-9-20(26-2)19(12-16)21(24)25)14-17-10-11-23(15-17)18-6-4-3-5-7-18/h3-9,12,17H,10-11,13-15H2,1-2H3,(H,24,25). The molecule has 1 aliphatic heterocycles. The molecular weight excluding hydrogens is 328 g/mol. The number of hydrogen-bond donors (Lipinski definition) is 1. The van der Waals surface area contributed by atoms with Crippen LogP contribution in [0.25, 0.3) is 0 Å². The van der Waals surface area contributed by atoms with Crippen molar-refractivity contribution in [3.05, 3.63) is 59.7 Å². The summed E-state index contributed by atoms with van der Waals surface area (Å²) in [5, 5.41) is 9.32. The van der Waals surface area contributed by atoms with Gasteiger partial charge < -0.3 is 19.6 Å². The Bertz CT molecular complexity index is 748. The first-order valence-corrected chi connectivity index (χ1v) is 8.95. The third kappa shape index (κ3) is 4.35. The smallest absolute Gasteiger partial charge is 0.339 e. The zero-order chi connectivity index (χ0) is 18.5. The second-order valence-corrected chi connectivity index (χ2v) is 6.97. The van der Waals surface area contributed by atoms with Crippen LogP contribution in [0.3, 0.4) is 0 Å². The molecule has 2 aromatic rings.